The minimum Gasteiger partial charge on any atom is -1.00 e. The molecule has 7 nitrogen and oxygen atoms in total. The van der Waals surface area contributed by atoms with Crippen LogP contribution in [0.5, 0.6) is 17.2 Å². The quantitative estimate of drug-likeness (QED) is 0.184. The molecule has 1 saturated heterocycles. The van der Waals surface area contributed by atoms with Crippen molar-refractivity contribution in [3.63, 3.8) is 0 Å². The first-order valence-electron chi connectivity index (χ1n) is 14.1. The molecule has 0 aliphatic carbocycles. The number of alkyl halides is 3. The van der Waals surface area contributed by atoms with Gasteiger partial charge in [-0.05, 0) is 48.4 Å². The Bertz CT molecular complexity index is 1450. The van der Waals surface area contributed by atoms with Crippen LogP contribution < -0.4 is 38.2 Å². The first-order valence-corrected chi connectivity index (χ1v) is 14.1. The van der Waals surface area contributed by atoms with Gasteiger partial charge in [0, 0.05) is 41.3 Å². The summed E-state index contributed by atoms with van der Waals surface area (Å²) in [5.74, 6) is 0.627. The number of carboxylic acid groups (broad SMARTS) is 1. The average Bonchev–Trinajstić information content (AvgIpc) is 2.94. The molecule has 1 fully saturated rings. The van der Waals surface area contributed by atoms with Gasteiger partial charge in [-0.15, -0.1) is 0 Å². The highest BCUT2D eigenvalue weighted by Gasteiger charge is 2.33. The van der Waals surface area contributed by atoms with Gasteiger partial charge in [-0.1, -0.05) is 19.4 Å². The van der Waals surface area contributed by atoms with Crippen molar-refractivity contribution >= 4 is 22.9 Å². The SMILES string of the molecule is CCC/C(=C\c1cc(OCc2ccc3nc(C(F)(F)F)cc(OC)c3c2)ccc1OCC1CC[N+](C)(C)CC1)C(=O)O.[I-]. The van der Waals surface area contributed by atoms with Gasteiger partial charge in [0.1, 0.15) is 29.5 Å². The fourth-order valence-corrected chi connectivity index (χ4v) is 5.07. The Balaban J connectivity index is 0.00000506. The number of likely N-dealkylation sites (tertiary alicyclic amines) is 1. The van der Waals surface area contributed by atoms with Crippen molar-refractivity contribution in [2.24, 2.45) is 5.92 Å². The fourth-order valence-electron chi connectivity index (χ4n) is 5.07. The molecule has 0 bridgehead atoms. The molecule has 11 heteroatoms. The zero-order valence-electron chi connectivity index (χ0n) is 24.8. The number of aliphatic carboxylic acids is 1. The number of benzene rings is 2. The molecule has 1 N–H and O–H groups in total. The molecule has 2 aromatic carbocycles. The third kappa shape index (κ3) is 9.21. The number of carboxylic acids is 1. The Kier molecular flexibility index (Phi) is 11.7. The number of quaternary nitrogens is 1. The number of rotatable bonds is 11. The van der Waals surface area contributed by atoms with Gasteiger partial charge in [0.05, 0.1) is 46.4 Å². The predicted molar refractivity (Wildman–Crippen MR) is 155 cm³/mol. The second kappa shape index (κ2) is 14.6. The summed E-state index contributed by atoms with van der Waals surface area (Å²) in [4.78, 5) is 15.6. The van der Waals surface area contributed by atoms with Gasteiger partial charge in [0.2, 0.25) is 0 Å². The number of pyridine rings is 1. The maximum absolute atomic E-state index is 13.2. The lowest BCUT2D eigenvalue weighted by molar-refractivity contribution is -0.896. The summed E-state index contributed by atoms with van der Waals surface area (Å²) in [5.41, 5.74) is 0.750. The van der Waals surface area contributed by atoms with E-state index >= 15 is 0 Å². The number of hydrogen-bond acceptors (Lipinski definition) is 5. The zero-order chi connectivity index (χ0) is 30.5. The number of carbonyl (C=O) groups is 1. The van der Waals surface area contributed by atoms with E-state index < -0.39 is 17.8 Å². The minimum atomic E-state index is -4.59. The highest BCUT2D eigenvalue weighted by molar-refractivity contribution is 5.92. The topological polar surface area (TPSA) is 77.9 Å². The predicted octanol–water partition coefficient (Wildman–Crippen LogP) is 3.98. The van der Waals surface area contributed by atoms with Crippen LogP contribution in [0.3, 0.4) is 0 Å². The lowest BCUT2D eigenvalue weighted by atomic mass is 9.97. The van der Waals surface area contributed by atoms with E-state index in [0.29, 0.717) is 53.4 Å². The van der Waals surface area contributed by atoms with Crippen LogP contribution in [0.15, 0.2) is 48.0 Å². The van der Waals surface area contributed by atoms with Crippen LogP contribution in [0.4, 0.5) is 13.2 Å². The van der Waals surface area contributed by atoms with E-state index in [1.54, 1.807) is 36.4 Å². The number of methoxy groups -OCH3 is 1. The molecule has 4 rings (SSSR count). The van der Waals surface area contributed by atoms with Crippen LogP contribution in [-0.4, -0.2) is 61.4 Å². The van der Waals surface area contributed by atoms with Crippen LogP contribution in [0, 0.1) is 5.92 Å². The number of piperidine rings is 1. The molecular formula is C32H38F3IN2O5. The van der Waals surface area contributed by atoms with Crippen LogP contribution >= 0.6 is 0 Å². The fraction of sp³-hybridized carbons (Fsp3) is 0.438. The Morgan fingerprint density at radius 1 is 1.07 bits per heavy atom. The lowest BCUT2D eigenvalue weighted by Crippen LogP contribution is -3.00. The minimum absolute atomic E-state index is 0. The first kappa shape index (κ1) is 34.4. The largest absolute Gasteiger partial charge is 1.00 e. The summed E-state index contributed by atoms with van der Waals surface area (Å²) in [6.45, 7) is 4.79. The summed E-state index contributed by atoms with van der Waals surface area (Å²) < 4.78 is 58.2. The molecular weight excluding hydrogens is 676 g/mol. The lowest BCUT2D eigenvalue weighted by Gasteiger charge is -2.37. The number of nitrogens with zero attached hydrogens (tertiary/aromatic N) is 2. The summed E-state index contributed by atoms with van der Waals surface area (Å²) >= 11 is 0. The van der Waals surface area contributed by atoms with Crippen LogP contribution in [0.1, 0.15) is 49.4 Å². The maximum Gasteiger partial charge on any atom is 0.433 e. The van der Waals surface area contributed by atoms with E-state index in [9.17, 15) is 23.1 Å². The summed E-state index contributed by atoms with van der Waals surface area (Å²) in [5, 5.41) is 10.2. The molecule has 1 aliphatic rings. The average molecular weight is 715 g/mol. The third-order valence-electron chi connectivity index (χ3n) is 7.62. The molecule has 1 aromatic heterocycles. The van der Waals surface area contributed by atoms with E-state index in [0.717, 1.165) is 36.5 Å². The standard InChI is InChI=1S/C32H37F3N2O5.HI/c1-5-6-23(31(38)39)16-24-17-25(8-10-28(24)42-19-21-11-13-37(2,3)14-12-21)41-20-22-7-9-27-26(15-22)29(40-4)18-30(36-27)32(33,34)35;/h7-10,15-18,21H,5-6,11-14,19-20H2,1-4H3;1H/b23-16+;. The van der Waals surface area contributed by atoms with Crippen molar-refractivity contribution in [2.75, 3.05) is 40.9 Å². The Morgan fingerprint density at radius 2 is 1.79 bits per heavy atom. The maximum atomic E-state index is 13.2. The van der Waals surface area contributed by atoms with Crippen molar-refractivity contribution in [1.29, 1.82) is 0 Å². The van der Waals surface area contributed by atoms with Crippen molar-refractivity contribution in [3.8, 4) is 17.2 Å². The van der Waals surface area contributed by atoms with Gasteiger partial charge < -0.3 is 47.8 Å². The van der Waals surface area contributed by atoms with Crippen LogP contribution in [0.25, 0.3) is 17.0 Å². The smallest absolute Gasteiger partial charge is 0.433 e. The van der Waals surface area contributed by atoms with E-state index in [1.165, 1.54) is 13.2 Å². The number of fused-ring (bicyclic) bond motifs is 1. The van der Waals surface area contributed by atoms with E-state index in [2.05, 4.69) is 19.1 Å². The zero-order valence-corrected chi connectivity index (χ0v) is 27.0. The molecule has 0 saturated carbocycles. The molecule has 2 heterocycles. The van der Waals surface area contributed by atoms with Gasteiger partial charge in [-0.25, -0.2) is 9.78 Å². The Labute approximate surface area is 267 Å². The molecule has 0 spiro atoms. The highest BCUT2D eigenvalue weighted by atomic mass is 127. The molecule has 234 valence electrons. The van der Waals surface area contributed by atoms with E-state index in [-0.39, 0.29) is 47.4 Å². The monoisotopic (exact) mass is 714 g/mol. The van der Waals surface area contributed by atoms with Gasteiger partial charge in [-0.2, -0.15) is 13.2 Å². The molecule has 43 heavy (non-hydrogen) atoms. The number of aromatic nitrogens is 1. The number of halogens is 4. The molecule has 3 aromatic rings. The normalized spacial score (nSPS) is 15.6. The molecule has 0 unspecified atom stereocenters. The number of ether oxygens (including phenoxy) is 3. The van der Waals surface area contributed by atoms with Gasteiger partial charge in [-0.3, -0.25) is 0 Å². The van der Waals surface area contributed by atoms with E-state index in [1.807, 2.05) is 6.92 Å². The van der Waals surface area contributed by atoms with Crippen molar-refractivity contribution < 1.29 is 65.7 Å². The molecule has 0 atom stereocenters. The third-order valence-corrected chi connectivity index (χ3v) is 7.62. The van der Waals surface area contributed by atoms with Gasteiger partial charge >= 0.3 is 12.1 Å². The van der Waals surface area contributed by atoms with Gasteiger partial charge in [0.25, 0.3) is 0 Å². The molecule has 0 radical (unpaired) electrons. The van der Waals surface area contributed by atoms with Crippen molar-refractivity contribution in [3.05, 3.63) is 64.9 Å². The molecule has 1 aliphatic heterocycles. The Morgan fingerprint density at radius 3 is 2.42 bits per heavy atom. The summed E-state index contributed by atoms with van der Waals surface area (Å²) in [6, 6.07) is 11.1. The second-order valence-corrected chi connectivity index (χ2v) is 11.4. The highest BCUT2D eigenvalue weighted by Crippen LogP contribution is 2.35. The van der Waals surface area contributed by atoms with Crippen molar-refractivity contribution in [1.82, 2.24) is 4.98 Å². The van der Waals surface area contributed by atoms with Crippen LogP contribution in [-0.2, 0) is 17.6 Å². The van der Waals surface area contributed by atoms with Crippen LogP contribution in [0.2, 0.25) is 0 Å². The summed E-state index contributed by atoms with van der Waals surface area (Å²) in [6.07, 6.45) is 0.289. The van der Waals surface area contributed by atoms with Crippen molar-refractivity contribution in [2.45, 2.75) is 45.4 Å². The van der Waals surface area contributed by atoms with Gasteiger partial charge in [0.15, 0.2) is 0 Å². The van der Waals surface area contributed by atoms with E-state index in [4.69, 9.17) is 14.2 Å². The molecule has 0 amide bonds. The number of hydrogen-bond donors (Lipinski definition) is 1. The second-order valence-electron chi connectivity index (χ2n) is 11.4. The first-order chi connectivity index (χ1) is 19.9. The Hall–Kier alpha value is -3.06. The summed E-state index contributed by atoms with van der Waals surface area (Å²) in [7, 11) is 5.78.